The van der Waals surface area contributed by atoms with Gasteiger partial charge in [0.05, 0.1) is 12.5 Å². The quantitative estimate of drug-likeness (QED) is 0.285. The summed E-state index contributed by atoms with van der Waals surface area (Å²) >= 11 is 3.56. The van der Waals surface area contributed by atoms with Gasteiger partial charge in [-0.3, -0.25) is 19.2 Å². The van der Waals surface area contributed by atoms with Crippen LogP contribution in [0.25, 0.3) is 10.8 Å². The number of fused-ring (bicyclic) bond motifs is 3. The van der Waals surface area contributed by atoms with E-state index in [1.807, 2.05) is 54.6 Å². The molecule has 0 unspecified atom stereocenters. The van der Waals surface area contributed by atoms with Crippen molar-refractivity contribution in [2.45, 2.75) is 56.5 Å². The Bertz CT molecular complexity index is 1540. The topological polar surface area (TPSA) is 125 Å². The van der Waals surface area contributed by atoms with Crippen molar-refractivity contribution in [3.05, 3.63) is 65.2 Å². The fourth-order valence-electron chi connectivity index (χ4n) is 6.89. The predicted molar refractivity (Wildman–Crippen MR) is 167 cm³/mol. The molecule has 10 nitrogen and oxygen atoms in total. The first-order valence-corrected chi connectivity index (χ1v) is 15.9. The van der Waals surface area contributed by atoms with Gasteiger partial charge < -0.3 is 29.7 Å². The maximum atomic E-state index is 14.9. The number of cyclic esters (lactones) is 1. The molecule has 11 heteroatoms. The van der Waals surface area contributed by atoms with Crippen LogP contribution in [0.1, 0.15) is 32.6 Å². The number of amides is 3. The third-order valence-corrected chi connectivity index (χ3v) is 9.63. The summed E-state index contributed by atoms with van der Waals surface area (Å²) in [6.45, 7) is 2.20. The molecule has 1 spiro atoms. The third kappa shape index (κ3) is 5.35. The minimum Gasteiger partial charge on any atom is -0.460 e. The van der Waals surface area contributed by atoms with Crippen molar-refractivity contribution in [3.8, 4) is 0 Å². The van der Waals surface area contributed by atoms with Gasteiger partial charge in [0.2, 0.25) is 11.8 Å². The number of benzene rings is 2. The molecule has 0 radical (unpaired) electrons. The van der Waals surface area contributed by atoms with Gasteiger partial charge in [-0.05, 0) is 55.2 Å². The Morgan fingerprint density at radius 1 is 1.05 bits per heavy atom. The van der Waals surface area contributed by atoms with Crippen molar-refractivity contribution in [2.75, 3.05) is 31.1 Å². The summed E-state index contributed by atoms with van der Waals surface area (Å²) in [6, 6.07) is 12.6. The predicted octanol–water partition coefficient (Wildman–Crippen LogP) is 3.22. The number of aliphatic hydroxyl groups is 1. The summed E-state index contributed by atoms with van der Waals surface area (Å²) in [5.74, 6) is -3.41. The van der Waals surface area contributed by atoms with Crippen LogP contribution in [0, 0.1) is 11.8 Å². The first-order valence-electron chi connectivity index (χ1n) is 15.1. The maximum Gasteiger partial charge on any atom is 0.313 e. The summed E-state index contributed by atoms with van der Waals surface area (Å²) in [5.41, 5.74) is -0.734. The molecule has 232 valence electrons. The van der Waals surface area contributed by atoms with Gasteiger partial charge >= 0.3 is 5.97 Å². The molecule has 3 amide bonds. The molecule has 2 saturated heterocycles. The number of nitrogens with one attached hydrogen (secondary N) is 1. The van der Waals surface area contributed by atoms with Crippen LogP contribution in [0.3, 0.4) is 0 Å². The molecule has 4 aliphatic heterocycles. The number of carbonyl (C=O) groups excluding carboxylic acids is 4. The molecule has 2 aromatic carbocycles. The van der Waals surface area contributed by atoms with Crippen LogP contribution in [-0.2, 0) is 28.7 Å². The number of allylic oxidation sites excluding steroid dienone is 1. The number of ether oxygens (including phenoxy) is 2. The van der Waals surface area contributed by atoms with Crippen molar-refractivity contribution in [3.63, 3.8) is 0 Å². The molecular weight excluding hydrogens is 630 g/mol. The second-order valence-corrected chi connectivity index (χ2v) is 12.7. The Balaban J connectivity index is 1.46. The SMILES string of the molecule is C[C@H]1CNC(=O)CC/C=C\CN(c2ccc3ccccc3c2)C(=O)[C@H]2N(CCCCO)C(=O)[C@@H]3[C@@H](C(=O)O1)[C@@H]1O[C@@]32C=C1Br. The van der Waals surface area contributed by atoms with Crippen molar-refractivity contribution in [1.29, 1.82) is 0 Å². The molecular formula is C33H36BrN3O7. The Hall–Kier alpha value is -3.54. The average molecular weight is 667 g/mol. The van der Waals surface area contributed by atoms with E-state index in [4.69, 9.17) is 9.47 Å². The molecule has 5 bridgehead atoms. The number of unbranched alkanes of at least 4 members (excludes halogenated alkanes) is 1. The molecule has 0 saturated carbocycles. The minimum atomic E-state index is -1.38. The lowest BCUT2D eigenvalue weighted by molar-refractivity contribution is -0.158. The first kappa shape index (κ1) is 30.5. The van der Waals surface area contributed by atoms with Crippen LogP contribution in [0.15, 0.2) is 65.2 Å². The van der Waals surface area contributed by atoms with Crippen LogP contribution >= 0.6 is 15.9 Å². The highest BCUT2D eigenvalue weighted by atomic mass is 79.9. The molecule has 4 aliphatic rings. The first-order chi connectivity index (χ1) is 21.2. The number of hydrogen-bond acceptors (Lipinski definition) is 7. The highest BCUT2D eigenvalue weighted by Crippen LogP contribution is 2.59. The van der Waals surface area contributed by atoms with Gasteiger partial charge in [-0.25, -0.2) is 0 Å². The normalized spacial score (nSPS) is 31.6. The largest absolute Gasteiger partial charge is 0.460 e. The fourth-order valence-corrected chi connectivity index (χ4v) is 7.63. The molecule has 44 heavy (non-hydrogen) atoms. The third-order valence-electron chi connectivity index (χ3n) is 8.95. The molecule has 0 aromatic heterocycles. The lowest BCUT2D eigenvalue weighted by atomic mass is 9.74. The summed E-state index contributed by atoms with van der Waals surface area (Å²) in [6.07, 6.45) is 5.74. The van der Waals surface area contributed by atoms with E-state index >= 15 is 0 Å². The maximum absolute atomic E-state index is 14.9. The molecule has 6 rings (SSSR count). The molecule has 0 aliphatic carbocycles. The van der Waals surface area contributed by atoms with E-state index in [0.717, 1.165) is 10.8 Å². The minimum absolute atomic E-state index is 0.0450. The van der Waals surface area contributed by atoms with Crippen molar-refractivity contribution >= 4 is 56.1 Å². The number of anilines is 1. The van der Waals surface area contributed by atoms with Crippen LogP contribution in [0.4, 0.5) is 5.69 Å². The zero-order valence-electron chi connectivity index (χ0n) is 24.5. The van der Waals surface area contributed by atoms with Gasteiger partial charge in [-0.15, -0.1) is 0 Å². The van der Waals surface area contributed by atoms with Crippen molar-refractivity contribution in [1.82, 2.24) is 10.2 Å². The Labute approximate surface area is 264 Å². The number of carbonyl (C=O) groups is 4. The van der Waals surface area contributed by atoms with E-state index < -0.39 is 41.7 Å². The summed E-state index contributed by atoms with van der Waals surface area (Å²) in [7, 11) is 0. The van der Waals surface area contributed by atoms with E-state index in [9.17, 15) is 24.3 Å². The van der Waals surface area contributed by atoms with Gasteiger partial charge in [0.25, 0.3) is 5.91 Å². The zero-order valence-corrected chi connectivity index (χ0v) is 26.1. The Morgan fingerprint density at radius 2 is 1.84 bits per heavy atom. The smallest absolute Gasteiger partial charge is 0.313 e. The fraction of sp³-hybridized carbons (Fsp3) is 0.455. The van der Waals surface area contributed by atoms with Gasteiger partial charge in [0, 0.05) is 36.3 Å². The monoisotopic (exact) mass is 665 g/mol. The van der Waals surface area contributed by atoms with E-state index in [-0.39, 0.29) is 50.4 Å². The summed E-state index contributed by atoms with van der Waals surface area (Å²) < 4.78 is 12.9. The summed E-state index contributed by atoms with van der Waals surface area (Å²) in [4.78, 5) is 58.4. The van der Waals surface area contributed by atoms with E-state index in [2.05, 4.69) is 21.2 Å². The van der Waals surface area contributed by atoms with Crippen molar-refractivity contribution < 1.29 is 33.8 Å². The van der Waals surface area contributed by atoms with Crippen LogP contribution < -0.4 is 10.2 Å². The lowest BCUT2D eigenvalue weighted by Crippen LogP contribution is -2.56. The van der Waals surface area contributed by atoms with E-state index in [1.54, 1.807) is 17.9 Å². The average Bonchev–Trinajstić information content (AvgIpc) is 3.60. The highest BCUT2D eigenvalue weighted by Gasteiger charge is 2.74. The van der Waals surface area contributed by atoms with Gasteiger partial charge in [-0.2, -0.15) is 0 Å². The lowest BCUT2D eigenvalue weighted by Gasteiger charge is -2.36. The van der Waals surface area contributed by atoms with Gasteiger partial charge in [0.1, 0.15) is 29.8 Å². The van der Waals surface area contributed by atoms with Crippen molar-refractivity contribution in [2.24, 2.45) is 11.8 Å². The molecule has 2 aromatic rings. The van der Waals surface area contributed by atoms with E-state index in [0.29, 0.717) is 29.4 Å². The molecule has 6 atom stereocenters. The standard InChI is InChI=1S/C33H36BrN3O7/c1-20-19-35-25(39)11-3-2-6-14-36(23-13-12-21-9-4-5-10-22(21)17-23)31(41)29-33-18-24(34)28(44-33)26(32(42)43-20)27(33)30(40)37(29)15-7-8-16-38/h2,4-6,9-10,12-13,17-18,20,26-29,38H,3,7-8,11,14-16,19H2,1H3,(H,35,39)/b6-2-/t20-,26+,27-,28+,29+,33-/m0/s1. The number of likely N-dealkylation sites (tertiary alicyclic amines) is 1. The molecule has 2 fully saturated rings. The second kappa shape index (κ2) is 12.5. The van der Waals surface area contributed by atoms with Crippen LogP contribution in [0.2, 0.25) is 0 Å². The number of nitrogens with zero attached hydrogens (tertiary/aromatic N) is 2. The van der Waals surface area contributed by atoms with Gasteiger partial charge in [0.15, 0.2) is 0 Å². The van der Waals surface area contributed by atoms with Crippen LogP contribution in [-0.4, -0.2) is 83.8 Å². The zero-order chi connectivity index (χ0) is 31.0. The molecule has 4 heterocycles. The Morgan fingerprint density at radius 3 is 2.64 bits per heavy atom. The Kier molecular flexibility index (Phi) is 8.63. The number of halogens is 1. The number of aliphatic hydroxyl groups excluding tert-OH is 1. The molecule has 2 N–H and O–H groups in total. The van der Waals surface area contributed by atoms with E-state index in [1.165, 1.54) is 4.90 Å². The van der Waals surface area contributed by atoms with Gasteiger partial charge in [-0.1, -0.05) is 58.4 Å². The highest BCUT2D eigenvalue weighted by molar-refractivity contribution is 9.11. The van der Waals surface area contributed by atoms with Crippen LogP contribution in [0.5, 0.6) is 0 Å². The second-order valence-electron chi connectivity index (χ2n) is 11.8. The number of hydrogen-bond donors (Lipinski definition) is 2. The number of rotatable bonds is 5. The number of esters is 1. The summed E-state index contributed by atoms with van der Waals surface area (Å²) in [5, 5.41) is 14.3.